The van der Waals surface area contributed by atoms with Crippen LogP contribution in [0.1, 0.15) is 42.9 Å². The Bertz CT molecular complexity index is 799. The van der Waals surface area contributed by atoms with Crippen LogP contribution < -0.4 is 11.1 Å². The molecule has 2 amide bonds. The molecule has 6 nitrogen and oxygen atoms in total. The predicted molar refractivity (Wildman–Crippen MR) is 87.9 cm³/mol. The van der Waals surface area contributed by atoms with Crippen molar-refractivity contribution in [2.75, 3.05) is 11.9 Å². The fourth-order valence-corrected chi connectivity index (χ4v) is 3.17. The van der Waals surface area contributed by atoms with Crippen LogP contribution in [-0.4, -0.2) is 24.4 Å². The van der Waals surface area contributed by atoms with Crippen molar-refractivity contribution in [3.63, 3.8) is 0 Å². The Morgan fingerprint density at radius 3 is 2.42 bits per heavy atom. The van der Waals surface area contributed by atoms with E-state index >= 15 is 0 Å². The highest BCUT2D eigenvalue weighted by atomic mass is 32.1. The third-order valence-corrected chi connectivity index (χ3v) is 4.37. The van der Waals surface area contributed by atoms with Gasteiger partial charge in [0.1, 0.15) is 15.7 Å². The molecule has 0 aliphatic heterocycles. The number of halogens is 1. The first kappa shape index (κ1) is 17.6. The minimum atomic E-state index is -0.770. The summed E-state index contributed by atoms with van der Waals surface area (Å²) in [6.07, 6.45) is 0. The number of rotatable bonds is 5. The van der Waals surface area contributed by atoms with Crippen molar-refractivity contribution in [1.82, 2.24) is 0 Å². The summed E-state index contributed by atoms with van der Waals surface area (Å²) in [4.78, 5) is 36.0. The van der Waals surface area contributed by atoms with Crippen molar-refractivity contribution in [2.24, 2.45) is 5.73 Å². The van der Waals surface area contributed by atoms with Gasteiger partial charge in [-0.15, -0.1) is 11.3 Å². The summed E-state index contributed by atoms with van der Waals surface area (Å²) >= 11 is 0.907. The lowest BCUT2D eigenvalue weighted by atomic mass is 10.1. The van der Waals surface area contributed by atoms with Crippen molar-refractivity contribution in [1.29, 1.82) is 0 Å². The monoisotopic (exact) mass is 350 g/mol. The molecule has 0 saturated carbocycles. The van der Waals surface area contributed by atoms with E-state index in [2.05, 4.69) is 5.32 Å². The molecule has 0 saturated heterocycles. The van der Waals surface area contributed by atoms with Crippen molar-refractivity contribution in [3.8, 4) is 0 Å². The van der Waals surface area contributed by atoms with E-state index in [1.54, 1.807) is 13.8 Å². The Kier molecular flexibility index (Phi) is 5.30. The normalized spacial score (nSPS) is 10.3. The number of carbonyl (C=O) groups is 3. The average Bonchev–Trinajstić information content (AvgIpc) is 2.84. The number of carbonyl (C=O) groups excluding carboxylic acids is 3. The first-order valence-electron chi connectivity index (χ1n) is 7.02. The Morgan fingerprint density at radius 2 is 1.88 bits per heavy atom. The second-order valence-corrected chi connectivity index (χ2v) is 5.83. The Morgan fingerprint density at radius 1 is 1.25 bits per heavy atom. The van der Waals surface area contributed by atoms with E-state index in [1.807, 2.05) is 0 Å². The highest BCUT2D eigenvalue weighted by Gasteiger charge is 2.25. The third kappa shape index (κ3) is 3.60. The topological polar surface area (TPSA) is 98.5 Å². The lowest BCUT2D eigenvalue weighted by Crippen LogP contribution is -2.17. The van der Waals surface area contributed by atoms with Crippen LogP contribution >= 0.6 is 11.3 Å². The van der Waals surface area contributed by atoms with Gasteiger partial charge in [0, 0.05) is 5.56 Å². The van der Waals surface area contributed by atoms with E-state index in [-0.39, 0.29) is 27.6 Å². The molecule has 24 heavy (non-hydrogen) atoms. The van der Waals surface area contributed by atoms with Crippen LogP contribution in [0.4, 0.5) is 9.39 Å². The smallest absolute Gasteiger partial charge is 0.348 e. The Hall–Kier alpha value is -2.74. The zero-order chi connectivity index (χ0) is 17.9. The molecule has 3 N–H and O–H groups in total. The second-order valence-electron chi connectivity index (χ2n) is 4.81. The standard InChI is InChI=1S/C16H15FN2O4S/c1-3-23-16(22)12-8(2)11(13(18)20)15(24-12)19-14(21)9-4-6-10(17)7-5-9/h4-7H,3H2,1-2H3,(H2,18,20)(H,19,21). The minimum Gasteiger partial charge on any atom is -0.462 e. The Balaban J connectivity index is 2.36. The lowest BCUT2D eigenvalue weighted by molar-refractivity contribution is 0.0531. The summed E-state index contributed by atoms with van der Waals surface area (Å²) in [5.74, 6) is -2.38. The number of benzene rings is 1. The molecule has 0 unspecified atom stereocenters. The largest absolute Gasteiger partial charge is 0.462 e. The molecule has 0 radical (unpaired) electrons. The number of ether oxygens (including phenoxy) is 1. The van der Waals surface area contributed by atoms with Gasteiger partial charge in [0.2, 0.25) is 0 Å². The van der Waals surface area contributed by atoms with Crippen LogP contribution in [0.25, 0.3) is 0 Å². The van der Waals surface area contributed by atoms with Crippen molar-refractivity contribution < 1.29 is 23.5 Å². The molecule has 1 aromatic carbocycles. The summed E-state index contributed by atoms with van der Waals surface area (Å²) in [5.41, 5.74) is 5.96. The van der Waals surface area contributed by atoms with E-state index in [1.165, 1.54) is 12.1 Å². The van der Waals surface area contributed by atoms with E-state index in [9.17, 15) is 18.8 Å². The second kappa shape index (κ2) is 7.22. The van der Waals surface area contributed by atoms with Gasteiger partial charge in [0.05, 0.1) is 12.2 Å². The van der Waals surface area contributed by atoms with Crippen LogP contribution in [-0.2, 0) is 4.74 Å². The average molecular weight is 350 g/mol. The first-order valence-corrected chi connectivity index (χ1v) is 7.84. The van der Waals surface area contributed by atoms with Crippen LogP contribution in [0.15, 0.2) is 24.3 Å². The molecular weight excluding hydrogens is 335 g/mol. The quantitative estimate of drug-likeness (QED) is 0.810. The molecule has 2 aromatic rings. The zero-order valence-electron chi connectivity index (χ0n) is 13.0. The van der Waals surface area contributed by atoms with Crippen LogP contribution in [0, 0.1) is 12.7 Å². The van der Waals surface area contributed by atoms with E-state index in [0.29, 0.717) is 5.56 Å². The van der Waals surface area contributed by atoms with Gasteiger partial charge in [0.25, 0.3) is 11.8 Å². The minimum absolute atomic E-state index is 0.0542. The number of hydrogen-bond acceptors (Lipinski definition) is 5. The molecular formula is C16H15FN2O4S. The summed E-state index contributed by atoms with van der Waals surface area (Å²) in [5, 5.41) is 2.68. The molecule has 0 aliphatic carbocycles. The molecule has 0 atom stereocenters. The van der Waals surface area contributed by atoms with Gasteiger partial charge in [-0.3, -0.25) is 9.59 Å². The number of esters is 1. The van der Waals surface area contributed by atoms with Crippen molar-refractivity contribution in [2.45, 2.75) is 13.8 Å². The molecule has 0 spiro atoms. The first-order chi connectivity index (χ1) is 11.3. The molecule has 126 valence electrons. The summed E-state index contributed by atoms with van der Waals surface area (Å²) < 4.78 is 17.8. The summed E-state index contributed by atoms with van der Waals surface area (Å²) in [6.45, 7) is 3.39. The van der Waals surface area contributed by atoms with Crippen molar-refractivity contribution >= 4 is 34.1 Å². The molecule has 8 heteroatoms. The van der Waals surface area contributed by atoms with Crippen molar-refractivity contribution in [3.05, 3.63) is 51.7 Å². The molecule has 0 fully saturated rings. The molecule has 1 heterocycles. The van der Waals surface area contributed by atoms with Crippen LogP contribution in [0.2, 0.25) is 0 Å². The number of nitrogens with one attached hydrogen (secondary N) is 1. The number of nitrogens with two attached hydrogens (primary N) is 1. The molecule has 1 aromatic heterocycles. The lowest BCUT2D eigenvalue weighted by Gasteiger charge is -2.05. The maximum absolute atomic E-state index is 12.9. The van der Waals surface area contributed by atoms with E-state index in [4.69, 9.17) is 10.5 Å². The fraction of sp³-hybridized carbons (Fsp3) is 0.188. The molecule has 0 aliphatic rings. The number of anilines is 1. The summed E-state index contributed by atoms with van der Waals surface area (Å²) in [7, 11) is 0. The Labute approximate surface area is 141 Å². The predicted octanol–water partition coefficient (Wildman–Crippen LogP) is 2.72. The highest BCUT2D eigenvalue weighted by Crippen LogP contribution is 2.33. The number of thiophene rings is 1. The third-order valence-electron chi connectivity index (χ3n) is 3.19. The van der Waals surface area contributed by atoms with Crippen LogP contribution in [0.5, 0.6) is 0 Å². The summed E-state index contributed by atoms with van der Waals surface area (Å²) in [6, 6.07) is 4.91. The van der Waals surface area contributed by atoms with E-state index in [0.717, 1.165) is 23.5 Å². The van der Waals surface area contributed by atoms with Gasteiger partial charge in [-0.05, 0) is 43.7 Å². The van der Waals surface area contributed by atoms with Gasteiger partial charge in [-0.2, -0.15) is 0 Å². The van der Waals surface area contributed by atoms with Gasteiger partial charge >= 0.3 is 5.97 Å². The van der Waals surface area contributed by atoms with Gasteiger partial charge < -0.3 is 15.8 Å². The number of amides is 2. The van der Waals surface area contributed by atoms with Gasteiger partial charge in [0.15, 0.2) is 0 Å². The zero-order valence-corrected chi connectivity index (χ0v) is 13.8. The van der Waals surface area contributed by atoms with Crippen LogP contribution in [0.3, 0.4) is 0 Å². The maximum atomic E-state index is 12.9. The van der Waals surface area contributed by atoms with Gasteiger partial charge in [-0.1, -0.05) is 0 Å². The number of primary amides is 1. The van der Waals surface area contributed by atoms with E-state index < -0.39 is 23.6 Å². The molecule has 2 rings (SSSR count). The number of hydrogen-bond donors (Lipinski definition) is 2. The fourth-order valence-electron chi connectivity index (χ4n) is 2.07. The SMILES string of the molecule is CCOC(=O)c1sc(NC(=O)c2ccc(F)cc2)c(C(N)=O)c1C. The van der Waals surface area contributed by atoms with Gasteiger partial charge in [-0.25, -0.2) is 9.18 Å². The maximum Gasteiger partial charge on any atom is 0.348 e. The molecule has 0 bridgehead atoms. The highest BCUT2D eigenvalue weighted by molar-refractivity contribution is 7.18.